The van der Waals surface area contributed by atoms with Gasteiger partial charge in [0.25, 0.3) is 11.6 Å². The van der Waals surface area contributed by atoms with Crippen LogP contribution in [0.2, 0.25) is 5.02 Å². The number of carbonyl (C=O) groups is 1. The Morgan fingerprint density at radius 3 is 2.69 bits per heavy atom. The van der Waals surface area contributed by atoms with Gasteiger partial charge in [0, 0.05) is 18.3 Å². The number of nitro benzene ring substituents is 1. The normalized spacial score (nSPS) is 10.7. The largest absolute Gasteiger partial charge is 0.506 e. The number of nitro groups is 1. The standard InChI is InChI=1S/C17H13ClN4O4/c1-10-2-5-16(23)15(6-10)20-9-11(8-19)17(24)21-14-7-12(22(25)26)3-4-13(14)18/h2-7,9,20,23H,1H3,(H,21,24)/b11-9-. The number of amides is 1. The van der Waals surface area contributed by atoms with Crippen molar-refractivity contribution in [2.24, 2.45) is 0 Å². The zero-order valence-corrected chi connectivity index (χ0v) is 14.2. The summed E-state index contributed by atoms with van der Waals surface area (Å²) >= 11 is 5.92. The van der Waals surface area contributed by atoms with Crippen LogP contribution in [0.3, 0.4) is 0 Å². The van der Waals surface area contributed by atoms with E-state index in [1.54, 1.807) is 18.2 Å². The second kappa shape index (κ2) is 8.00. The lowest BCUT2D eigenvalue weighted by molar-refractivity contribution is -0.384. The molecule has 0 heterocycles. The second-order valence-corrected chi connectivity index (χ2v) is 5.62. The van der Waals surface area contributed by atoms with Gasteiger partial charge in [-0.2, -0.15) is 5.26 Å². The van der Waals surface area contributed by atoms with Crippen molar-refractivity contribution in [3.8, 4) is 11.8 Å². The van der Waals surface area contributed by atoms with E-state index in [1.165, 1.54) is 18.2 Å². The summed E-state index contributed by atoms with van der Waals surface area (Å²) in [6, 6.07) is 10.1. The van der Waals surface area contributed by atoms with Crippen LogP contribution in [0, 0.1) is 28.4 Å². The molecule has 0 bridgehead atoms. The molecule has 8 nitrogen and oxygen atoms in total. The highest BCUT2D eigenvalue weighted by Gasteiger charge is 2.15. The number of nitrogens with one attached hydrogen (secondary N) is 2. The fourth-order valence-electron chi connectivity index (χ4n) is 1.98. The van der Waals surface area contributed by atoms with Crippen LogP contribution in [0.25, 0.3) is 0 Å². The highest BCUT2D eigenvalue weighted by molar-refractivity contribution is 6.34. The third-order valence-electron chi connectivity index (χ3n) is 3.30. The van der Waals surface area contributed by atoms with Gasteiger partial charge in [-0.05, 0) is 30.7 Å². The highest BCUT2D eigenvalue weighted by atomic mass is 35.5. The lowest BCUT2D eigenvalue weighted by Crippen LogP contribution is -2.15. The van der Waals surface area contributed by atoms with E-state index in [9.17, 15) is 20.0 Å². The van der Waals surface area contributed by atoms with Crippen molar-refractivity contribution < 1.29 is 14.8 Å². The summed E-state index contributed by atoms with van der Waals surface area (Å²) in [5.41, 5.74) is 0.623. The van der Waals surface area contributed by atoms with Gasteiger partial charge in [-0.1, -0.05) is 17.7 Å². The van der Waals surface area contributed by atoms with Gasteiger partial charge in [-0.25, -0.2) is 0 Å². The van der Waals surface area contributed by atoms with Crippen LogP contribution in [0.1, 0.15) is 5.56 Å². The van der Waals surface area contributed by atoms with Gasteiger partial charge in [0.2, 0.25) is 0 Å². The fraction of sp³-hybridized carbons (Fsp3) is 0.0588. The number of non-ortho nitro benzene ring substituents is 1. The van der Waals surface area contributed by atoms with Crippen molar-refractivity contribution in [3.05, 3.63) is 68.9 Å². The first-order valence-electron chi connectivity index (χ1n) is 7.23. The lowest BCUT2D eigenvalue weighted by atomic mass is 10.2. The monoisotopic (exact) mass is 372 g/mol. The van der Waals surface area contributed by atoms with Crippen LogP contribution in [0.4, 0.5) is 17.1 Å². The van der Waals surface area contributed by atoms with Gasteiger partial charge in [0.15, 0.2) is 0 Å². The Balaban J connectivity index is 2.21. The van der Waals surface area contributed by atoms with Crippen LogP contribution in [-0.4, -0.2) is 15.9 Å². The third kappa shape index (κ3) is 4.49. The molecule has 1 amide bonds. The molecule has 0 spiro atoms. The number of benzene rings is 2. The van der Waals surface area contributed by atoms with E-state index < -0.39 is 10.8 Å². The molecule has 0 aliphatic carbocycles. The van der Waals surface area contributed by atoms with Crippen molar-refractivity contribution in [2.75, 3.05) is 10.6 Å². The summed E-state index contributed by atoms with van der Waals surface area (Å²) in [5, 5.41) is 34.9. The topological polar surface area (TPSA) is 128 Å². The summed E-state index contributed by atoms with van der Waals surface area (Å²) in [6.45, 7) is 1.82. The molecule has 0 radical (unpaired) electrons. The Kier molecular flexibility index (Phi) is 5.78. The molecular weight excluding hydrogens is 360 g/mol. The van der Waals surface area contributed by atoms with Crippen molar-refractivity contribution in [1.29, 1.82) is 5.26 Å². The summed E-state index contributed by atoms with van der Waals surface area (Å²) in [4.78, 5) is 22.4. The number of aryl methyl sites for hydroxylation is 1. The molecule has 26 heavy (non-hydrogen) atoms. The first-order chi connectivity index (χ1) is 12.3. The number of anilines is 2. The number of hydrogen-bond acceptors (Lipinski definition) is 6. The van der Waals surface area contributed by atoms with Crippen molar-refractivity contribution in [2.45, 2.75) is 6.92 Å². The van der Waals surface area contributed by atoms with E-state index in [2.05, 4.69) is 10.6 Å². The molecule has 9 heteroatoms. The molecule has 2 aromatic rings. The average molecular weight is 373 g/mol. The summed E-state index contributed by atoms with van der Waals surface area (Å²) in [5.74, 6) is -0.860. The highest BCUT2D eigenvalue weighted by Crippen LogP contribution is 2.27. The molecule has 132 valence electrons. The predicted molar refractivity (Wildman–Crippen MR) is 96.9 cm³/mol. The maximum Gasteiger partial charge on any atom is 0.271 e. The van der Waals surface area contributed by atoms with E-state index in [1.807, 2.05) is 6.92 Å². The summed E-state index contributed by atoms with van der Waals surface area (Å²) < 4.78 is 0. The van der Waals surface area contributed by atoms with Gasteiger partial charge < -0.3 is 15.7 Å². The van der Waals surface area contributed by atoms with Gasteiger partial charge >= 0.3 is 0 Å². The molecule has 0 aromatic heterocycles. The number of phenolic OH excluding ortho intramolecular Hbond substituents is 1. The molecular formula is C17H13ClN4O4. The van der Waals surface area contributed by atoms with Crippen molar-refractivity contribution in [1.82, 2.24) is 0 Å². The minimum atomic E-state index is -0.811. The SMILES string of the molecule is Cc1ccc(O)c(N/C=C(/C#N)C(=O)Nc2cc([N+](=O)[O-])ccc2Cl)c1. The minimum absolute atomic E-state index is 0.00502. The first-order valence-corrected chi connectivity index (χ1v) is 7.61. The number of halogens is 1. The zero-order valence-electron chi connectivity index (χ0n) is 13.5. The van der Waals surface area contributed by atoms with Crippen LogP contribution >= 0.6 is 11.6 Å². The lowest BCUT2D eigenvalue weighted by Gasteiger charge is -2.08. The Bertz CT molecular complexity index is 950. The predicted octanol–water partition coefficient (Wildman–Crippen LogP) is 3.72. The van der Waals surface area contributed by atoms with Crippen LogP contribution in [-0.2, 0) is 4.79 Å². The Morgan fingerprint density at radius 1 is 1.31 bits per heavy atom. The molecule has 0 aliphatic heterocycles. The quantitative estimate of drug-likeness (QED) is 0.241. The Labute approximate surface area is 153 Å². The van der Waals surface area contributed by atoms with Crippen molar-refractivity contribution >= 4 is 34.6 Å². The van der Waals surface area contributed by atoms with E-state index in [4.69, 9.17) is 16.9 Å². The van der Waals surface area contributed by atoms with Gasteiger partial charge in [0.1, 0.15) is 17.4 Å². The number of carbonyl (C=O) groups excluding carboxylic acids is 1. The number of rotatable bonds is 5. The summed E-state index contributed by atoms with van der Waals surface area (Å²) in [7, 11) is 0. The number of nitriles is 1. The van der Waals surface area contributed by atoms with E-state index in [-0.39, 0.29) is 27.7 Å². The Morgan fingerprint density at radius 2 is 2.04 bits per heavy atom. The van der Waals surface area contributed by atoms with Gasteiger partial charge in [-0.3, -0.25) is 14.9 Å². The number of phenols is 1. The maximum atomic E-state index is 12.2. The average Bonchev–Trinajstić information content (AvgIpc) is 2.60. The number of aromatic hydroxyl groups is 1. The maximum absolute atomic E-state index is 12.2. The number of hydrogen-bond donors (Lipinski definition) is 3. The summed E-state index contributed by atoms with van der Waals surface area (Å²) in [6.07, 6.45) is 1.12. The molecule has 0 aliphatic rings. The van der Waals surface area contributed by atoms with E-state index >= 15 is 0 Å². The molecule has 2 rings (SSSR count). The van der Waals surface area contributed by atoms with Crippen LogP contribution < -0.4 is 10.6 Å². The second-order valence-electron chi connectivity index (χ2n) is 5.21. The van der Waals surface area contributed by atoms with Crippen LogP contribution in [0.15, 0.2) is 48.2 Å². The molecule has 0 saturated heterocycles. The smallest absolute Gasteiger partial charge is 0.271 e. The number of nitrogens with zero attached hydrogens (tertiary/aromatic N) is 2. The molecule has 2 aromatic carbocycles. The molecule has 0 unspecified atom stereocenters. The van der Waals surface area contributed by atoms with E-state index in [0.717, 1.165) is 17.8 Å². The van der Waals surface area contributed by atoms with Crippen LogP contribution in [0.5, 0.6) is 5.75 Å². The third-order valence-corrected chi connectivity index (χ3v) is 3.63. The minimum Gasteiger partial charge on any atom is -0.506 e. The zero-order chi connectivity index (χ0) is 19.3. The fourth-order valence-corrected chi connectivity index (χ4v) is 2.14. The first kappa shape index (κ1) is 18.8. The molecule has 0 fully saturated rings. The van der Waals surface area contributed by atoms with E-state index in [0.29, 0.717) is 5.69 Å². The van der Waals surface area contributed by atoms with Gasteiger partial charge in [-0.15, -0.1) is 0 Å². The molecule has 0 saturated carbocycles. The molecule has 0 atom stereocenters. The van der Waals surface area contributed by atoms with Gasteiger partial charge in [0.05, 0.1) is 21.3 Å². The Hall–Kier alpha value is -3.57. The van der Waals surface area contributed by atoms with Crippen molar-refractivity contribution in [3.63, 3.8) is 0 Å². The molecule has 3 N–H and O–H groups in total.